The van der Waals surface area contributed by atoms with Crippen molar-refractivity contribution in [3.05, 3.63) is 41.4 Å². The van der Waals surface area contributed by atoms with E-state index in [2.05, 4.69) is 15.0 Å². The zero-order valence-corrected chi connectivity index (χ0v) is 10.2. The van der Waals surface area contributed by atoms with Gasteiger partial charge < -0.3 is 0 Å². The number of hydrogen-bond acceptors (Lipinski definition) is 4. The Bertz CT molecular complexity index is 548. The van der Waals surface area contributed by atoms with Crippen molar-refractivity contribution in [1.82, 2.24) is 15.0 Å². The van der Waals surface area contributed by atoms with E-state index in [9.17, 15) is 13.2 Å². The number of pyridine rings is 1. The van der Waals surface area contributed by atoms with Gasteiger partial charge in [0.05, 0.1) is 0 Å². The molecule has 2 heterocycles. The molecule has 0 aliphatic rings. The Balaban J connectivity index is 2.32. The van der Waals surface area contributed by atoms with Gasteiger partial charge in [-0.3, -0.25) is 0 Å². The van der Waals surface area contributed by atoms with Gasteiger partial charge in [0.15, 0.2) is 0 Å². The van der Waals surface area contributed by atoms with Crippen molar-refractivity contribution in [3.63, 3.8) is 0 Å². The van der Waals surface area contributed by atoms with Crippen LogP contribution in [0, 0.1) is 0 Å². The summed E-state index contributed by atoms with van der Waals surface area (Å²) in [5.41, 5.74) is 0. The van der Waals surface area contributed by atoms with Crippen molar-refractivity contribution in [3.8, 4) is 0 Å². The standard InChI is InChI=1S/C10H5ClF3N3S/c11-6-5-8(17-9(16-6)10(12,13)14)18-7-3-1-2-4-15-7/h1-5H. The molecule has 0 fully saturated rings. The third kappa shape index (κ3) is 3.33. The average molecular weight is 292 g/mol. The molecule has 0 unspecified atom stereocenters. The molecule has 0 amide bonds. The molecule has 2 rings (SSSR count). The summed E-state index contributed by atoms with van der Waals surface area (Å²) in [7, 11) is 0. The molecule has 0 saturated heterocycles. The second-order valence-electron chi connectivity index (χ2n) is 3.12. The van der Waals surface area contributed by atoms with Crippen LogP contribution in [-0.4, -0.2) is 15.0 Å². The molecule has 0 aliphatic heterocycles. The van der Waals surface area contributed by atoms with E-state index in [0.29, 0.717) is 5.03 Å². The normalized spacial score (nSPS) is 11.6. The van der Waals surface area contributed by atoms with E-state index in [0.717, 1.165) is 11.8 Å². The van der Waals surface area contributed by atoms with E-state index in [-0.39, 0.29) is 10.2 Å². The van der Waals surface area contributed by atoms with Gasteiger partial charge in [0, 0.05) is 12.3 Å². The van der Waals surface area contributed by atoms with Crippen LogP contribution in [0.25, 0.3) is 0 Å². The molecule has 0 aromatic carbocycles. The van der Waals surface area contributed by atoms with Crippen LogP contribution < -0.4 is 0 Å². The molecule has 3 nitrogen and oxygen atoms in total. The SMILES string of the molecule is FC(F)(F)c1nc(Cl)cc(Sc2ccccn2)n1. The lowest BCUT2D eigenvalue weighted by Crippen LogP contribution is -2.11. The second kappa shape index (κ2) is 5.11. The van der Waals surface area contributed by atoms with E-state index in [1.54, 1.807) is 18.2 Å². The van der Waals surface area contributed by atoms with Gasteiger partial charge in [-0.25, -0.2) is 15.0 Å². The maximum Gasteiger partial charge on any atom is 0.451 e. The molecular formula is C10H5ClF3N3S. The lowest BCUT2D eigenvalue weighted by atomic mass is 10.5. The third-order valence-corrected chi connectivity index (χ3v) is 2.83. The highest BCUT2D eigenvalue weighted by Gasteiger charge is 2.35. The molecule has 0 spiro atoms. The summed E-state index contributed by atoms with van der Waals surface area (Å²) in [6, 6.07) is 6.35. The van der Waals surface area contributed by atoms with Crippen LogP contribution in [0.2, 0.25) is 5.15 Å². The molecule has 0 radical (unpaired) electrons. The van der Waals surface area contributed by atoms with Crippen molar-refractivity contribution in [2.75, 3.05) is 0 Å². The minimum Gasteiger partial charge on any atom is -0.250 e. The Kier molecular flexibility index (Phi) is 3.72. The molecule has 0 aliphatic carbocycles. The van der Waals surface area contributed by atoms with Gasteiger partial charge in [0.2, 0.25) is 5.82 Å². The summed E-state index contributed by atoms with van der Waals surface area (Å²) in [6.07, 6.45) is -3.08. The molecule has 2 aromatic heterocycles. The van der Waals surface area contributed by atoms with Gasteiger partial charge in [0.1, 0.15) is 15.2 Å². The first-order valence-electron chi connectivity index (χ1n) is 4.66. The van der Waals surface area contributed by atoms with Crippen LogP contribution in [-0.2, 0) is 6.18 Å². The quantitative estimate of drug-likeness (QED) is 0.791. The smallest absolute Gasteiger partial charge is 0.250 e. The minimum absolute atomic E-state index is 0.0982. The van der Waals surface area contributed by atoms with Gasteiger partial charge in [-0.15, -0.1) is 0 Å². The van der Waals surface area contributed by atoms with Gasteiger partial charge in [-0.05, 0) is 23.9 Å². The predicted molar refractivity (Wildman–Crippen MR) is 60.4 cm³/mol. The first-order chi connectivity index (χ1) is 8.45. The first kappa shape index (κ1) is 13.1. The summed E-state index contributed by atoms with van der Waals surface area (Å²) in [4.78, 5) is 10.5. The summed E-state index contributed by atoms with van der Waals surface area (Å²) in [5.74, 6) is -1.26. The Morgan fingerprint density at radius 3 is 2.50 bits per heavy atom. The van der Waals surface area contributed by atoms with Crippen molar-refractivity contribution in [2.45, 2.75) is 16.2 Å². The van der Waals surface area contributed by atoms with Crippen LogP contribution in [0.5, 0.6) is 0 Å². The Hall–Kier alpha value is -1.34. The summed E-state index contributed by atoms with van der Waals surface area (Å²) < 4.78 is 37.4. The number of aromatic nitrogens is 3. The minimum atomic E-state index is -4.62. The Morgan fingerprint density at radius 1 is 1.11 bits per heavy atom. The van der Waals surface area contributed by atoms with Crippen molar-refractivity contribution < 1.29 is 13.2 Å². The van der Waals surface area contributed by atoms with E-state index in [1.165, 1.54) is 12.3 Å². The molecule has 18 heavy (non-hydrogen) atoms. The molecule has 0 N–H and O–H groups in total. The van der Waals surface area contributed by atoms with Gasteiger partial charge >= 0.3 is 6.18 Å². The lowest BCUT2D eigenvalue weighted by molar-refractivity contribution is -0.145. The topological polar surface area (TPSA) is 38.7 Å². The predicted octanol–water partition coefficient (Wildman–Crippen LogP) is 3.70. The highest BCUT2D eigenvalue weighted by atomic mass is 35.5. The number of nitrogens with zero attached hydrogens (tertiary/aromatic N) is 3. The molecule has 0 saturated carbocycles. The zero-order valence-electron chi connectivity index (χ0n) is 8.65. The van der Waals surface area contributed by atoms with Crippen LogP contribution >= 0.6 is 23.4 Å². The summed E-state index contributed by atoms with van der Waals surface area (Å²) in [6.45, 7) is 0. The molecular weight excluding hydrogens is 287 g/mol. The van der Waals surface area contributed by atoms with Gasteiger partial charge in [-0.2, -0.15) is 13.2 Å². The van der Waals surface area contributed by atoms with Crippen LogP contribution in [0.3, 0.4) is 0 Å². The van der Waals surface area contributed by atoms with E-state index < -0.39 is 12.0 Å². The number of halogens is 4. The highest BCUT2D eigenvalue weighted by Crippen LogP contribution is 2.31. The second-order valence-corrected chi connectivity index (χ2v) is 4.55. The van der Waals surface area contributed by atoms with Crippen LogP contribution in [0.1, 0.15) is 5.82 Å². The molecule has 2 aromatic rings. The molecule has 0 bridgehead atoms. The maximum absolute atomic E-state index is 12.5. The number of alkyl halides is 3. The number of hydrogen-bond donors (Lipinski definition) is 0. The first-order valence-corrected chi connectivity index (χ1v) is 5.85. The fraction of sp³-hybridized carbons (Fsp3) is 0.100. The van der Waals surface area contributed by atoms with E-state index in [1.807, 2.05) is 0 Å². The van der Waals surface area contributed by atoms with Crippen molar-refractivity contribution in [1.29, 1.82) is 0 Å². The fourth-order valence-corrected chi connectivity index (χ4v) is 2.12. The lowest BCUT2D eigenvalue weighted by Gasteiger charge is -2.07. The maximum atomic E-state index is 12.5. The van der Waals surface area contributed by atoms with Crippen LogP contribution in [0.15, 0.2) is 40.5 Å². The average Bonchev–Trinajstić information content (AvgIpc) is 2.28. The monoisotopic (exact) mass is 291 g/mol. The highest BCUT2D eigenvalue weighted by molar-refractivity contribution is 7.99. The summed E-state index contributed by atoms with van der Waals surface area (Å²) >= 11 is 6.52. The summed E-state index contributed by atoms with van der Waals surface area (Å²) in [5, 5.41) is 0.372. The number of rotatable bonds is 2. The van der Waals surface area contributed by atoms with Gasteiger partial charge in [-0.1, -0.05) is 17.7 Å². The molecule has 8 heteroatoms. The Morgan fingerprint density at radius 2 is 1.89 bits per heavy atom. The fourth-order valence-electron chi connectivity index (χ4n) is 1.09. The van der Waals surface area contributed by atoms with Crippen molar-refractivity contribution >= 4 is 23.4 Å². The van der Waals surface area contributed by atoms with Crippen LogP contribution in [0.4, 0.5) is 13.2 Å². The Labute approximate surface area is 109 Å². The van der Waals surface area contributed by atoms with Gasteiger partial charge in [0.25, 0.3) is 0 Å². The third-order valence-electron chi connectivity index (χ3n) is 1.77. The molecule has 0 atom stereocenters. The van der Waals surface area contributed by atoms with Crippen molar-refractivity contribution in [2.24, 2.45) is 0 Å². The largest absolute Gasteiger partial charge is 0.451 e. The molecule has 94 valence electrons. The van der Waals surface area contributed by atoms with E-state index in [4.69, 9.17) is 11.6 Å². The van der Waals surface area contributed by atoms with E-state index >= 15 is 0 Å². The zero-order chi connectivity index (χ0) is 13.2.